The summed E-state index contributed by atoms with van der Waals surface area (Å²) in [4.78, 5) is 0. The fraction of sp³-hybridized carbons (Fsp3) is 0.533. The summed E-state index contributed by atoms with van der Waals surface area (Å²) in [6.45, 7) is 26.7. The lowest BCUT2D eigenvalue weighted by atomic mass is 9.82. The van der Waals surface area contributed by atoms with Crippen molar-refractivity contribution in [1.29, 1.82) is 0 Å². The van der Waals surface area contributed by atoms with Gasteiger partial charge in [-0.15, -0.1) is 0 Å². The molecule has 0 aliphatic rings. The van der Waals surface area contributed by atoms with Gasteiger partial charge in [0.05, 0.1) is 5.69 Å². The first-order chi connectivity index (χ1) is 16.1. The van der Waals surface area contributed by atoms with Crippen molar-refractivity contribution < 1.29 is 8.85 Å². The second-order valence-electron chi connectivity index (χ2n) is 12.1. The first kappa shape index (κ1) is 29.2. The summed E-state index contributed by atoms with van der Waals surface area (Å²) in [6.07, 6.45) is 1.81. The summed E-state index contributed by atoms with van der Waals surface area (Å²) in [7, 11) is -2.66. The summed E-state index contributed by atoms with van der Waals surface area (Å²) in [5.74, 6) is 1.88. The normalized spacial score (nSPS) is 13.3. The maximum Gasteiger partial charge on any atom is 0.229 e. The second-order valence-corrected chi connectivity index (χ2v) is 16.8. The molecule has 0 heterocycles. The van der Waals surface area contributed by atoms with Crippen molar-refractivity contribution in [2.75, 3.05) is 5.73 Å². The van der Waals surface area contributed by atoms with Crippen LogP contribution < -0.4 is 14.6 Å². The van der Waals surface area contributed by atoms with E-state index < -0.39 is 18.1 Å². The van der Waals surface area contributed by atoms with E-state index in [-0.39, 0.29) is 10.8 Å². The Balaban J connectivity index is 2.89. The van der Waals surface area contributed by atoms with E-state index >= 15 is 0 Å². The molecule has 0 bridgehead atoms. The first-order valence-electron chi connectivity index (χ1n) is 13.2. The van der Waals surface area contributed by atoms with Crippen LogP contribution in [0, 0.1) is 0 Å². The van der Waals surface area contributed by atoms with E-state index in [2.05, 4.69) is 112 Å². The highest BCUT2D eigenvalue weighted by Gasteiger charge is 2.25. The number of allylic oxidation sites excluding steroid dienone is 2. The molecular formula is C30H49NO2Si2. The molecule has 35 heavy (non-hydrogen) atoms. The summed E-state index contributed by atoms with van der Waals surface area (Å²) in [6, 6.07) is 11.2. The van der Waals surface area contributed by atoms with Crippen molar-refractivity contribution in [2.24, 2.45) is 0 Å². The molecule has 2 rings (SSSR count). The Labute approximate surface area is 218 Å². The zero-order chi connectivity index (χ0) is 26.7. The van der Waals surface area contributed by atoms with Crippen LogP contribution in [0.1, 0.15) is 90.5 Å². The van der Waals surface area contributed by atoms with Gasteiger partial charge in [0.2, 0.25) is 18.1 Å². The quantitative estimate of drug-likeness (QED) is 0.220. The molecule has 0 fully saturated rings. The van der Waals surface area contributed by atoms with Crippen molar-refractivity contribution >= 4 is 34.9 Å². The third-order valence-corrected chi connectivity index (χ3v) is 7.72. The number of hydrogen-bond donors (Lipinski definition) is 1. The Hall–Kier alpha value is -1.99. The van der Waals surface area contributed by atoms with Gasteiger partial charge in [-0.25, -0.2) is 0 Å². The lowest BCUT2D eigenvalue weighted by molar-refractivity contribution is 0.558. The molecule has 0 radical (unpaired) electrons. The van der Waals surface area contributed by atoms with Crippen molar-refractivity contribution in [3.05, 3.63) is 52.6 Å². The summed E-state index contributed by atoms with van der Waals surface area (Å²) >= 11 is 0. The molecule has 2 aromatic rings. The zero-order valence-corrected chi connectivity index (χ0v) is 26.7. The van der Waals surface area contributed by atoms with Crippen LogP contribution >= 0.6 is 0 Å². The van der Waals surface area contributed by atoms with Crippen LogP contribution in [0.25, 0.3) is 11.1 Å². The van der Waals surface area contributed by atoms with E-state index in [1.54, 1.807) is 0 Å². The van der Waals surface area contributed by atoms with Gasteiger partial charge in [-0.05, 0) is 78.2 Å². The monoisotopic (exact) mass is 511 g/mol. The first-order valence-corrected chi connectivity index (χ1v) is 18.8. The highest BCUT2D eigenvalue weighted by molar-refractivity contribution is 6.49. The van der Waals surface area contributed by atoms with E-state index in [0.29, 0.717) is 0 Å². The minimum Gasteiger partial charge on any atom is -0.547 e. The van der Waals surface area contributed by atoms with Gasteiger partial charge in [-0.1, -0.05) is 79.7 Å². The van der Waals surface area contributed by atoms with E-state index in [1.807, 2.05) is 0 Å². The number of nitrogens with two attached hydrogens (primary N) is 1. The van der Waals surface area contributed by atoms with Crippen LogP contribution in [0.2, 0.25) is 26.2 Å². The third-order valence-electron chi connectivity index (χ3n) is 6.29. The van der Waals surface area contributed by atoms with Crippen LogP contribution in [0.3, 0.4) is 0 Å². The van der Waals surface area contributed by atoms with Crippen LogP contribution in [-0.2, 0) is 10.8 Å². The molecule has 0 amide bonds. The van der Waals surface area contributed by atoms with Crippen LogP contribution in [0.5, 0.6) is 11.5 Å². The highest BCUT2D eigenvalue weighted by atomic mass is 28.3. The molecule has 0 saturated heterocycles. The van der Waals surface area contributed by atoms with Gasteiger partial charge in [0, 0.05) is 11.1 Å². The fourth-order valence-corrected chi connectivity index (χ4v) is 6.00. The van der Waals surface area contributed by atoms with Gasteiger partial charge in [-0.2, -0.15) is 0 Å². The highest BCUT2D eigenvalue weighted by Crippen LogP contribution is 2.45. The molecule has 0 aliphatic carbocycles. The molecule has 0 aromatic heterocycles. The van der Waals surface area contributed by atoms with Gasteiger partial charge in [0.1, 0.15) is 11.5 Å². The SMILES string of the molecule is CC/C(=C(/CC)c1ccc(C(C)(C)C)c(N)c1O[SiH](C)C)c1ccc(C(C)(C)C)cc1O[SiH](C)C. The molecule has 0 aliphatic heterocycles. The predicted molar refractivity (Wildman–Crippen MR) is 161 cm³/mol. The molecule has 2 N–H and O–H groups in total. The smallest absolute Gasteiger partial charge is 0.229 e. The third kappa shape index (κ3) is 7.04. The van der Waals surface area contributed by atoms with Gasteiger partial charge in [-0.3, -0.25) is 0 Å². The summed E-state index contributed by atoms with van der Waals surface area (Å²) in [5, 5.41) is 0. The maximum atomic E-state index is 6.81. The summed E-state index contributed by atoms with van der Waals surface area (Å²) < 4.78 is 13.1. The average molecular weight is 512 g/mol. The number of nitrogen functional groups attached to an aromatic ring is 1. The minimum absolute atomic E-state index is 0.0470. The molecule has 0 spiro atoms. The second kappa shape index (κ2) is 11.4. The molecule has 5 heteroatoms. The van der Waals surface area contributed by atoms with Gasteiger partial charge >= 0.3 is 0 Å². The average Bonchev–Trinajstić information content (AvgIpc) is 2.71. The molecule has 3 nitrogen and oxygen atoms in total. The van der Waals surface area contributed by atoms with Crippen molar-refractivity contribution in [2.45, 2.75) is 105 Å². The number of anilines is 1. The summed E-state index contributed by atoms with van der Waals surface area (Å²) in [5.41, 5.74) is 15.0. The van der Waals surface area contributed by atoms with E-state index in [4.69, 9.17) is 14.6 Å². The van der Waals surface area contributed by atoms with E-state index in [0.717, 1.165) is 41.2 Å². The van der Waals surface area contributed by atoms with Gasteiger partial charge < -0.3 is 14.6 Å². The number of benzene rings is 2. The van der Waals surface area contributed by atoms with Crippen molar-refractivity contribution in [3.8, 4) is 11.5 Å². The Kier molecular flexibility index (Phi) is 9.51. The molecule has 0 atom stereocenters. The Bertz CT molecular complexity index is 1060. The molecular weight excluding hydrogens is 463 g/mol. The number of hydrogen-bond acceptors (Lipinski definition) is 3. The van der Waals surface area contributed by atoms with Crippen LogP contribution in [0.4, 0.5) is 5.69 Å². The molecule has 2 aromatic carbocycles. The van der Waals surface area contributed by atoms with E-state index in [1.165, 1.54) is 22.3 Å². The fourth-order valence-electron chi connectivity index (χ4n) is 4.58. The van der Waals surface area contributed by atoms with Crippen LogP contribution in [-0.4, -0.2) is 18.1 Å². The largest absolute Gasteiger partial charge is 0.547 e. The van der Waals surface area contributed by atoms with Gasteiger partial charge in [0.15, 0.2) is 0 Å². The van der Waals surface area contributed by atoms with E-state index in [9.17, 15) is 0 Å². The standard InChI is InChI=1S/C30H49NO2Si2/c1-13-21(23-16-15-20(29(3,4)5)19-26(23)32-34(9)10)22(14-2)24-17-18-25(30(6,7)8)27(31)28(24)33-35(11)12/h15-19,34-35H,13-14,31H2,1-12H3/b22-21+. The lowest BCUT2D eigenvalue weighted by Gasteiger charge is -2.28. The zero-order valence-electron chi connectivity index (χ0n) is 24.3. The molecule has 0 unspecified atom stereocenters. The van der Waals surface area contributed by atoms with Gasteiger partial charge in [0.25, 0.3) is 0 Å². The maximum absolute atomic E-state index is 6.81. The van der Waals surface area contributed by atoms with Crippen molar-refractivity contribution in [1.82, 2.24) is 0 Å². The lowest BCUT2D eigenvalue weighted by Crippen LogP contribution is -2.19. The topological polar surface area (TPSA) is 44.5 Å². The Morgan fingerprint density at radius 2 is 1.26 bits per heavy atom. The molecule has 0 saturated carbocycles. The Morgan fingerprint density at radius 3 is 1.71 bits per heavy atom. The Morgan fingerprint density at radius 1 is 0.743 bits per heavy atom. The predicted octanol–water partition coefficient (Wildman–Crippen LogP) is 8.32. The minimum atomic E-state index is -1.37. The van der Waals surface area contributed by atoms with Crippen LogP contribution in [0.15, 0.2) is 30.3 Å². The number of rotatable bonds is 8. The van der Waals surface area contributed by atoms with Crippen molar-refractivity contribution in [3.63, 3.8) is 0 Å². The molecule has 194 valence electrons.